The number of nitrogens with one attached hydrogen (secondary N) is 1. The summed E-state index contributed by atoms with van der Waals surface area (Å²) in [7, 11) is 0. The molecule has 0 aromatic heterocycles. The molecule has 0 fully saturated rings. The number of carboxylic acid groups (broad SMARTS) is 1. The second kappa shape index (κ2) is 8.04. The first-order chi connectivity index (χ1) is 9.42. The van der Waals surface area contributed by atoms with Gasteiger partial charge in [-0.3, -0.25) is 9.59 Å². The molecule has 0 radical (unpaired) electrons. The first-order valence-corrected chi connectivity index (χ1v) is 7.48. The number of benzene rings is 1. The second-order valence-corrected chi connectivity index (χ2v) is 5.86. The van der Waals surface area contributed by atoms with Crippen molar-refractivity contribution < 1.29 is 14.7 Å². The summed E-state index contributed by atoms with van der Waals surface area (Å²) in [5, 5.41) is 11.5. The van der Waals surface area contributed by atoms with Crippen LogP contribution in [-0.2, 0) is 16.0 Å². The molecule has 0 bridgehead atoms. The molecule has 5 heteroatoms. The summed E-state index contributed by atoms with van der Waals surface area (Å²) in [6.07, 6.45) is 1.32. The van der Waals surface area contributed by atoms with Crippen LogP contribution in [0.5, 0.6) is 0 Å². The number of rotatable bonds is 7. The molecule has 0 saturated heterocycles. The third-order valence-corrected chi connectivity index (χ3v) is 3.60. The van der Waals surface area contributed by atoms with Crippen molar-refractivity contribution in [1.29, 1.82) is 0 Å². The van der Waals surface area contributed by atoms with Gasteiger partial charge in [0.1, 0.15) is 0 Å². The number of hydrogen-bond acceptors (Lipinski definition) is 2. The van der Waals surface area contributed by atoms with Gasteiger partial charge in [0.2, 0.25) is 5.91 Å². The maximum atomic E-state index is 12.1. The minimum atomic E-state index is -0.905. The zero-order chi connectivity index (χ0) is 15.1. The number of amides is 1. The van der Waals surface area contributed by atoms with Gasteiger partial charge < -0.3 is 10.4 Å². The molecule has 4 nitrogen and oxygen atoms in total. The fraction of sp³-hybridized carbons (Fsp3) is 0.467. The third-order valence-electron chi connectivity index (χ3n) is 3.10. The van der Waals surface area contributed by atoms with Gasteiger partial charge in [-0.1, -0.05) is 35.0 Å². The highest BCUT2D eigenvalue weighted by molar-refractivity contribution is 9.10. The average Bonchev–Trinajstić information content (AvgIpc) is 2.34. The molecule has 2 N–H and O–H groups in total. The number of halogens is 1. The molecule has 110 valence electrons. The standard InChI is InChI=1S/C15H20BrNO3/c1-3-12(8-11-5-4-6-13(16)9-11)15(20)17-10(2)7-14(18)19/h4-6,9-10,12H,3,7-8H2,1-2H3,(H,17,20)(H,18,19). The summed E-state index contributed by atoms with van der Waals surface area (Å²) in [5.41, 5.74) is 1.09. The third kappa shape index (κ3) is 5.74. The summed E-state index contributed by atoms with van der Waals surface area (Å²) >= 11 is 3.41. The summed E-state index contributed by atoms with van der Waals surface area (Å²) in [6.45, 7) is 3.67. The van der Waals surface area contributed by atoms with E-state index in [1.54, 1.807) is 6.92 Å². The Balaban J connectivity index is 2.61. The largest absolute Gasteiger partial charge is 0.481 e. The van der Waals surface area contributed by atoms with Crippen molar-refractivity contribution in [2.45, 2.75) is 39.2 Å². The van der Waals surface area contributed by atoms with Crippen molar-refractivity contribution in [2.24, 2.45) is 5.92 Å². The quantitative estimate of drug-likeness (QED) is 0.801. The maximum Gasteiger partial charge on any atom is 0.305 e. The van der Waals surface area contributed by atoms with Gasteiger partial charge in [-0.15, -0.1) is 0 Å². The molecule has 0 heterocycles. The number of carbonyl (C=O) groups excluding carboxylic acids is 1. The Morgan fingerprint density at radius 2 is 2.10 bits per heavy atom. The average molecular weight is 342 g/mol. The van der Waals surface area contributed by atoms with Crippen LogP contribution in [0.25, 0.3) is 0 Å². The Morgan fingerprint density at radius 3 is 2.65 bits per heavy atom. The Hall–Kier alpha value is -1.36. The maximum absolute atomic E-state index is 12.1. The molecule has 0 spiro atoms. The molecule has 1 aromatic rings. The van der Waals surface area contributed by atoms with Gasteiger partial charge >= 0.3 is 5.97 Å². The normalized spacial score (nSPS) is 13.6. The van der Waals surface area contributed by atoms with E-state index in [4.69, 9.17) is 5.11 Å². The monoisotopic (exact) mass is 341 g/mol. The van der Waals surface area contributed by atoms with Crippen LogP contribution in [-0.4, -0.2) is 23.0 Å². The molecular weight excluding hydrogens is 322 g/mol. The molecule has 20 heavy (non-hydrogen) atoms. The summed E-state index contributed by atoms with van der Waals surface area (Å²) in [5.74, 6) is -1.13. The lowest BCUT2D eigenvalue weighted by Gasteiger charge is -2.18. The van der Waals surface area contributed by atoms with Crippen LogP contribution in [0.1, 0.15) is 32.3 Å². The minimum absolute atomic E-state index is 0.0565. The van der Waals surface area contributed by atoms with E-state index < -0.39 is 5.97 Å². The zero-order valence-corrected chi connectivity index (χ0v) is 13.3. The predicted molar refractivity (Wildman–Crippen MR) is 81.5 cm³/mol. The summed E-state index contributed by atoms with van der Waals surface area (Å²) in [4.78, 5) is 22.7. The fourth-order valence-electron chi connectivity index (χ4n) is 2.04. The molecular formula is C15H20BrNO3. The van der Waals surface area contributed by atoms with Gasteiger partial charge in [-0.2, -0.15) is 0 Å². The van der Waals surface area contributed by atoms with Crippen LogP contribution in [0.2, 0.25) is 0 Å². The lowest BCUT2D eigenvalue weighted by molar-refractivity contribution is -0.137. The molecule has 2 atom stereocenters. The van der Waals surface area contributed by atoms with Gasteiger partial charge in [-0.05, 0) is 37.5 Å². The summed E-state index contributed by atoms with van der Waals surface area (Å²) in [6, 6.07) is 7.52. The molecule has 1 amide bonds. The smallest absolute Gasteiger partial charge is 0.305 e. The zero-order valence-electron chi connectivity index (χ0n) is 11.7. The van der Waals surface area contributed by atoms with Crippen molar-refractivity contribution in [3.63, 3.8) is 0 Å². The predicted octanol–water partition coefficient (Wildman–Crippen LogP) is 3.00. The fourth-order valence-corrected chi connectivity index (χ4v) is 2.49. The number of carboxylic acids is 1. The Bertz CT molecular complexity index is 476. The van der Waals surface area contributed by atoms with Gasteiger partial charge in [0.15, 0.2) is 0 Å². The SMILES string of the molecule is CCC(Cc1cccc(Br)c1)C(=O)NC(C)CC(=O)O. The second-order valence-electron chi connectivity index (χ2n) is 4.95. The van der Waals surface area contributed by atoms with Crippen molar-refractivity contribution in [1.82, 2.24) is 5.32 Å². The van der Waals surface area contributed by atoms with Crippen LogP contribution in [0, 0.1) is 5.92 Å². The lowest BCUT2D eigenvalue weighted by atomic mass is 9.95. The number of aliphatic carboxylic acids is 1. The Kier molecular flexibility index (Phi) is 6.71. The van der Waals surface area contributed by atoms with Gasteiger partial charge in [0.05, 0.1) is 6.42 Å². The molecule has 1 rings (SSSR count). The highest BCUT2D eigenvalue weighted by Crippen LogP contribution is 2.17. The van der Waals surface area contributed by atoms with Gasteiger partial charge in [-0.25, -0.2) is 0 Å². The molecule has 0 aliphatic heterocycles. The Labute approximate surface area is 127 Å². The highest BCUT2D eigenvalue weighted by atomic mass is 79.9. The number of hydrogen-bond donors (Lipinski definition) is 2. The van der Waals surface area contributed by atoms with Crippen molar-refractivity contribution in [3.05, 3.63) is 34.3 Å². The van der Waals surface area contributed by atoms with E-state index in [1.165, 1.54) is 0 Å². The van der Waals surface area contributed by atoms with Crippen molar-refractivity contribution >= 4 is 27.8 Å². The lowest BCUT2D eigenvalue weighted by Crippen LogP contribution is -2.39. The van der Waals surface area contributed by atoms with Gasteiger partial charge in [0.25, 0.3) is 0 Å². The highest BCUT2D eigenvalue weighted by Gasteiger charge is 2.19. The van der Waals surface area contributed by atoms with Crippen LogP contribution in [0.3, 0.4) is 0 Å². The van der Waals surface area contributed by atoms with E-state index in [0.717, 1.165) is 16.5 Å². The van der Waals surface area contributed by atoms with Crippen LogP contribution in [0.15, 0.2) is 28.7 Å². The van der Waals surface area contributed by atoms with E-state index >= 15 is 0 Å². The van der Waals surface area contributed by atoms with Crippen molar-refractivity contribution in [2.75, 3.05) is 0 Å². The topological polar surface area (TPSA) is 66.4 Å². The molecule has 0 saturated carbocycles. The first-order valence-electron chi connectivity index (χ1n) is 6.69. The molecule has 0 aliphatic rings. The van der Waals surface area contributed by atoms with E-state index in [-0.39, 0.29) is 24.3 Å². The first kappa shape index (κ1) is 16.7. The van der Waals surface area contributed by atoms with Crippen LogP contribution < -0.4 is 5.32 Å². The minimum Gasteiger partial charge on any atom is -0.481 e. The molecule has 0 aliphatic carbocycles. The Morgan fingerprint density at radius 1 is 1.40 bits per heavy atom. The van der Waals surface area contributed by atoms with E-state index in [2.05, 4.69) is 21.2 Å². The van der Waals surface area contributed by atoms with E-state index in [0.29, 0.717) is 6.42 Å². The van der Waals surface area contributed by atoms with Gasteiger partial charge in [0, 0.05) is 16.4 Å². The van der Waals surface area contributed by atoms with E-state index in [9.17, 15) is 9.59 Å². The van der Waals surface area contributed by atoms with Crippen molar-refractivity contribution in [3.8, 4) is 0 Å². The molecule has 2 unspecified atom stereocenters. The van der Waals surface area contributed by atoms with E-state index in [1.807, 2.05) is 31.2 Å². The van der Waals surface area contributed by atoms with Crippen LogP contribution in [0.4, 0.5) is 0 Å². The number of carbonyl (C=O) groups is 2. The van der Waals surface area contributed by atoms with Crippen LogP contribution >= 0.6 is 15.9 Å². The molecule has 1 aromatic carbocycles. The summed E-state index contributed by atoms with van der Waals surface area (Å²) < 4.78 is 0.990.